The summed E-state index contributed by atoms with van der Waals surface area (Å²) >= 11 is 0. The molecule has 0 radical (unpaired) electrons. The second-order valence-electron chi connectivity index (χ2n) is 6.35. The molecule has 2 bridgehead atoms. The van der Waals surface area contributed by atoms with E-state index < -0.39 is 0 Å². The molecule has 0 saturated heterocycles. The Morgan fingerprint density at radius 1 is 1.45 bits per heavy atom. The van der Waals surface area contributed by atoms with Crippen molar-refractivity contribution in [1.82, 2.24) is 9.88 Å². The van der Waals surface area contributed by atoms with E-state index in [2.05, 4.69) is 49.6 Å². The first-order valence-corrected chi connectivity index (χ1v) is 7.19. The van der Waals surface area contributed by atoms with Crippen LogP contribution >= 0.6 is 0 Å². The Kier molecular flexibility index (Phi) is 2.98. The van der Waals surface area contributed by atoms with Crippen molar-refractivity contribution in [1.29, 1.82) is 0 Å². The number of nitrogens with zero attached hydrogens (tertiary/aromatic N) is 1. The Bertz CT molecular complexity index is 641. The fourth-order valence-corrected chi connectivity index (χ4v) is 4.27. The van der Waals surface area contributed by atoms with E-state index in [9.17, 15) is 4.79 Å². The van der Waals surface area contributed by atoms with Crippen LogP contribution in [0.2, 0.25) is 0 Å². The van der Waals surface area contributed by atoms with Gasteiger partial charge in [0.25, 0.3) is 0 Å². The summed E-state index contributed by atoms with van der Waals surface area (Å²) in [5.74, 6) is 0.814. The summed E-state index contributed by atoms with van der Waals surface area (Å²) in [5.41, 5.74) is 3.70. The van der Waals surface area contributed by atoms with Crippen molar-refractivity contribution in [2.45, 2.75) is 25.3 Å². The first-order chi connectivity index (χ1) is 9.49. The standard InChI is InChI=1S/C17H22N2O/c1-5-13-12-8-11(2)10-17(13,19(3)4)14-6-7-16(20)18-15(14)9-12/h5-8,12-13H,1,9-10H2,2-4H3,(H,18,20)/t12-,13+,17+/m0/s1. The number of allylic oxidation sites excluding steroid dienone is 1. The van der Waals surface area contributed by atoms with Crippen LogP contribution in [0.4, 0.5) is 0 Å². The smallest absolute Gasteiger partial charge is 0.248 e. The number of aromatic nitrogens is 1. The largest absolute Gasteiger partial charge is 0.326 e. The molecule has 0 saturated carbocycles. The van der Waals surface area contributed by atoms with E-state index in [1.807, 2.05) is 6.07 Å². The van der Waals surface area contributed by atoms with Gasteiger partial charge in [0.05, 0.1) is 5.54 Å². The zero-order valence-electron chi connectivity index (χ0n) is 12.4. The third-order valence-corrected chi connectivity index (χ3v) is 5.02. The van der Waals surface area contributed by atoms with Gasteiger partial charge in [0.15, 0.2) is 0 Å². The minimum absolute atomic E-state index is 0.00603. The normalized spacial score (nSPS) is 31.7. The summed E-state index contributed by atoms with van der Waals surface area (Å²) in [7, 11) is 4.26. The van der Waals surface area contributed by atoms with Crippen LogP contribution in [-0.2, 0) is 12.0 Å². The van der Waals surface area contributed by atoms with E-state index in [0.29, 0.717) is 11.8 Å². The van der Waals surface area contributed by atoms with E-state index in [1.165, 1.54) is 11.1 Å². The van der Waals surface area contributed by atoms with Gasteiger partial charge in [-0.25, -0.2) is 0 Å². The monoisotopic (exact) mass is 270 g/mol. The molecule has 106 valence electrons. The minimum atomic E-state index is -0.0803. The van der Waals surface area contributed by atoms with Crippen molar-refractivity contribution in [2.24, 2.45) is 11.8 Å². The zero-order valence-corrected chi connectivity index (χ0v) is 12.4. The Labute approximate surface area is 120 Å². The average molecular weight is 270 g/mol. The second-order valence-corrected chi connectivity index (χ2v) is 6.35. The van der Waals surface area contributed by atoms with Crippen LogP contribution in [0.1, 0.15) is 24.6 Å². The van der Waals surface area contributed by atoms with Crippen LogP contribution in [-0.4, -0.2) is 24.0 Å². The summed E-state index contributed by atoms with van der Waals surface area (Å²) < 4.78 is 0. The number of pyridine rings is 1. The molecule has 1 aromatic rings. The molecule has 0 aromatic carbocycles. The molecule has 0 fully saturated rings. The molecule has 3 rings (SSSR count). The molecule has 3 heteroatoms. The van der Waals surface area contributed by atoms with Crippen LogP contribution in [0, 0.1) is 11.8 Å². The van der Waals surface area contributed by atoms with Crippen LogP contribution < -0.4 is 5.56 Å². The fourth-order valence-electron chi connectivity index (χ4n) is 4.27. The van der Waals surface area contributed by atoms with Gasteiger partial charge >= 0.3 is 0 Å². The summed E-state index contributed by atoms with van der Waals surface area (Å²) in [5, 5.41) is 0. The van der Waals surface area contributed by atoms with Gasteiger partial charge in [-0.15, -0.1) is 6.58 Å². The Morgan fingerprint density at radius 3 is 2.85 bits per heavy atom. The molecule has 2 aliphatic rings. The molecule has 0 aliphatic heterocycles. The maximum Gasteiger partial charge on any atom is 0.248 e. The first-order valence-electron chi connectivity index (χ1n) is 7.19. The number of nitrogens with one attached hydrogen (secondary N) is 1. The maximum absolute atomic E-state index is 11.6. The predicted octanol–water partition coefficient (Wildman–Crippen LogP) is 2.46. The average Bonchev–Trinajstić information content (AvgIpc) is 2.36. The van der Waals surface area contributed by atoms with Gasteiger partial charge in [-0.2, -0.15) is 0 Å². The highest BCUT2D eigenvalue weighted by Gasteiger charge is 2.50. The van der Waals surface area contributed by atoms with E-state index in [-0.39, 0.29) is 11.1 Å². The van der Waals surface area contributed by atoms with Crippen LogP contribution in [0.15, 0.2) is 41.2 Å². The molecular weight excluding hydrogens is 248 g/mol. The molecule has 1 N–H and O–H groups in total. The lowest BCUT2D eigenvalue weighted by Crippen LogP contribution is -2.55. The van der Waals surface area contributed by atoms with Gasteiger partial charge in [-0.1, -0.05) is 17.7 Å². The number of rotatable bonds is 2. The number of H-pyrrole nitrogens is 1. The Hall–Kier alpha value is -1.61. The van der Waals surface area contributed by atoms with E-state index in [1.54, 1.807) is 6.07 Å². The third kappa shape index (κ3) is 1.66. The van der Waals surface area contributed by atoms with Gasteiger partial charge in [0, 0.05) is 17.7 Å². The summed E-state index contributed by atoms with van der Waals surface area (Å²) in [6, 6.07) is 3.66. The van der Waals surface area contributed by atoms with Crippen LogP contribution in [0.25, 0.3) is 0 Å². The lowest BCUT2D eigenvalue weighted by atomic mass is 9.59. The van der Waals surface area contributed by atoms with Crippen molar-refractivity contribution in [3.05, 3.63) is 58.0 Å². The number of hydrogen-bond donors (Lipinski definition) is 1. The van der Waals surface area contributed by atoms with E-state index in [4.69, 9.17) is 0 Å². The second kappa shape index (κ2) is 4.45. The topological polar surface area (TPSA) is 36.1 Å². The molecule has 1 aromatic heterocycles. The van der Waals surface area contributed by atoms with Crippen molar-refractivity contribution < 1.29 is 0 Å². The quantitative estimate of drug-likeness (QED) is 0.838. The van der Waals surface area contributed by atoms with Crippen molar-refractivity contribution in [2.75, 3.05) is 14.1 Å². The Balaban J connectivity index is 2.30. The van der Waals surface area contributed by atoms with E-state index >= 15 is 0 Å². The highest BCUT2D eigenvalue weighted by atomic mass is 16.1. The lowest BCUT2D eigenvalue weighted by molar-refractivity contribution is 0.0538. The Morgan fingerprint density at radius 2 is 2.20 bits per heavy atom. The SMILES string of the molecule is C=C[C@@H]1[C@H]2C=C(C)C[C@]1(N(C)C)c1ccc(=O)[nH]c1C2. The van der Waals surface area contributed by atoms with Gasteiger partial charge < -0.3 is 4.98 Å². The predicted molar refractivity (Wildman–Crippen MR) is 81.7 cm³/mol. The van der Waals surface area contributed by atoms with Crippen molar-refractivity contribution in [3.8, 4) is 0 Å². The molecule has 0 spiro atoms. The van der Waals surface area contributed by atoms with Crippen LogP contribution in [0.3, 0.4) is 0 Å². The fraction of sp³-hybridized carbons (Fsp3) is 0.471. The zero-order chi connectivity index (χ0) is 14.5. The molecule has 3 atom stereocenters. The summed E-state index contributed by atoms with van der Waals surface area (Å²) in [4.78, 5) is 17.0. The molecule has 3 nitrogen and oxygen atoms in total. The van der Waals surface area contributed by atoms with Gasteiger partial charge in [-0.3, -0.25) is 9.69 Å². The van der Waals surface area contributed by atoms with Crippen molar-refractivity contribution in [3.63, 3.8) is 0 Å². The van der Waals surface area contributed by atoms with Gasteiger partial charge in [0.1, 0.15) is 0 Å². The van der Waals surface area contributed by atoms with E-state index in [0.717, 1.165) is 18.5 Å². The molecule has 0 amide bonds. The summed E-state index contributed by atoms with van der Waals surface area (Å²) in [6.45, 7) is 6.29. The minimum Gasteiger partial charge on any atom is -0.326 e. The van der Waals surface area contributed by atoms with Gasteiger partial charge in [0.2, 0.25) is 5.56 Å². The molecule has 2 aliphatic carbocycles. The highest BCUT2D eigenvalue weighted by Crippen LogP contribution is 2.52. The van der Waals surface area contributed by atoms with Gasteiger partial charge in [-0.05, 0) is 51.4 Å². The number of aromatic amines is 1. The maximum atomic E-state index is 11.6. The number of fused-ring (bicyclic) bond motifs is 4. The highest BCUT2D eigenvalue weighted by molar-refractivity contribution is 5.40. The first kappa shape index (κ1) is 13.4. The number of hydrogen-bond acceptors (Lipinski definition) is 2. The molecule has 0 unspecified atom stereocenters. The van der Waals surface area contributed by atoms with Crippen molar-refractivity contribution >= 4 is 0 Å². The molecular formula is C17H22N2O. The molecule has 20 heavy (non-hydrogen) atoms. The molecule has 1 heterocycles. The summed E-state index contributed by atoms with van der Waals surface area (Å²) in [6.07, 6.45) is 6.35. The lowest BCUT2D eigenvalue weighted by Gasteiger charge is -2.54. The van der Waals surface area contributed by atoms with Crippen LogP contribution in [0.5, 0.6) is 0 Å². The third-order valence-electron chi connectivity index (χ3n) is 5.02.